The van der Waals surface area contributed by atoms with E-state index in [1.165, 1.54) is 18.4 Å². The van der Waals surface area contributed by atoms with Crippen LogP contribution < -0.4 is 10.2 Å². The molecule has 1 N–H and O–H groups in total. The van der Waals surface area contributed by atoms with Crippen LogP contribution in [0.5, 0.6) is 0 Å². The third-order valence-electron chi connectivity index (χ3n) is 7.62. The van der Waals surface area contributed by atoms with Crippen molar-refractivity contribution in [1.82, 2.24) is 9.88 Å². The molecule has 2 amide bonds. The van der Waals surface area contributed by atoms with E-state index in [0.717, 1.165) is 47.8 Å². The molecule has 1 aliphatic heterocycles. The van der Waals surface area contributed by atoms with E-state index >= 15 is 0 Å². The number of hydrogen-bond donors (Lipinski definition) is 1. The van der Waals surface area contributed by atoms with Crippen LogP contribution in [0.2, 0.25) is 0 Å². The van der Waals surface area contributed by atoms with Gasteiger partial charge in [0.15, 0.2) is 0 Å². The Bertz CT molecular complexity index is 1220. The number of anilines is 1. The lowest BCUT2D eigenvalue weighted by Crippen LogP contribution is -2.65. The molecule has 2 aromatic carbocycles. The predicted molar refractivity (Wildman–Crippen MR) is 133 cm³/mol. The van der Waals surface area contributed by atoms with Crippen molar-refractivity contribution in [2.45, 2.75) is 77.4 Å². The van der Waals surface area contributed by atoms with Crippen molar-refractivity contribution in [1.29, 1.82) is 0 Å². The summed E-state index contributed by atoms with van der Waals surface area (Å²) in [5.41, 5.74) is 3.65. The van der Waals surface area contributed by atoms with Gasteiger partial charge in [-0.3, -0.25) is 14.5 Å². The number of amides is 2. The molecule has 5 nitrogen and oxygen atoms in total. The number of aryl methyl sites for hydroxylation is 2. The first kappa shape index (κ1) is 21.7. The van der Waals surface area contributed by atoms with Gasteiger partial charge in [-0.1, -0.05) is 49.9 Å². The van der Waals surface area contributed by atoms with Crippen LogP contribution in [0, 0.1) is 13.8 Å². The Hall–Kier alpha value is -3.08. The van der Waals surface area contributed by atoms with Crippen LogP contribution in [0.1, 0.15) is 67.1 Å². The van der Waals surface area contributed by atoms with Gasteiger partial charge < -0.3 is 9.88 Å². The second-order valence-corrected chi connectivity index (χ2v) is 10.0. The highest BCUT2D eigenvalue weighted by Crippen LogP contribution is 2.36. The fraction of sp³-hybridized carbons (Fsp3) is 0.429. The Morgan fingerprint density at radius 3 is 2.42 bits per heavy atom. The summed E-state index contributed by atoms with van der Waals surface area (Å²) in [7, 11) is 0. The normalized spacial score (nSPS) is 21.7. The third-order valence-corrected chi connectivity index (χ3v) is 7.62. The summed E-state index contributed by atoms with van der Waals surface area (Å²) in [6.45, 7) is 6.46. The summed E-state index contributed by atoms with van der Waals surface area (Å²) in [6, 6.07) is 16.2. The molecule has 3 aromatic rings. The molecule has 2 aliphatic rings. The first-order valence-electron chi connectivity index (χ1n) is 12.2. The van der Waals surface area contributed by atoms with Crippen molar-refractivity contribution < 1.29 is 9.59 Å². The minimum Gasteiger partial charge on any atom is -0.351 e. The first-order chi connectivity index (χ1) is 15.9. The molecule has 1 fully saturated rings. The number of hydrogen-bond acceptors (Lipinski definition) is 2. The standard InChI is InChI=1S/C28H33N3O2/c1-19-14-15-23(16-20(19)2)31-26(32)25-17-21-10-8-9-13-24(21)30(25)18-28(31,3)27(33)29-22-11-6-4-5-7-12-22/h8-10,13-17,22H,4-7,11-12,18H2,1-3H3,(H,29,33)/t28-/m0/s1. The number of para-hydroxylation sites is 1. The lowest BCUT2D eigenvalue weighted by Gasteiger charge is -2.44. The molecular weight excluding hydrogens is 410 g/mol. The Morgan fingerprint density at radius 1 is 0.970 bits per heavy atom. The van der Waals surface area contributed by atoms with E-state index in [-0.39, 0.29) is 17.9 Å². The second-order valence-electron chi connectivity index (χ2n) is 10.0. The maximum atomic E-state index is 14.0. The van der Waals surface area contributed by atoms with Crippen LogP contribution in [0.3, 0.4) is 0 Å². The van der Waals surface area contributed by atoms with Gasteiger partial charge in [0, 0.05) is 22.6 Å². The maximum Gasteiger partial charge on any atom is 0.275 e. The smallest absolute Gasteiger partial charge is 0.275 e. The molecule has 0 saturated heterocycles. The number of fused-ring (bicyclic) bond motifs is 3. The molecule has 1 saturated carbocycles. The molecular formula is C28H33N3O2. The largest absolute Gasteiger partial charge is 0.351 e. The zero-order valence-corrected chi connectivity index (χ0v) is 19.9. The minimum atomic E-state index is -1.03. The second kappa shape index (κ2) is 8.36. The molecule has 172 valence electrons. The number of nitrogens with zero attached hydrogens (tertiary/aromatic N) is 2. The summed E-state index contributed by atoms with van der Waals surface area (Å²) in [4.78, 5) is 29.6. The molecule has 1 atom stereocenters. The lowest BCUT2D eigenvalue weighted by molar-refractivity contribution is -0.127. The predicted octanol–water partition coefficient (Wildman–Crippen LogP) is 5.52. The van der Waals surface area contributed by atoms with Crippen LogP contribution in [-0.2, 0) is 11.3 Å². The number of rotatable bonds is 3. The fourth-order valence-corrected chi connectivity index (χ4v) is 5.48. The topological polar surface area (TPSA) is 54.3 Å². The van der Waals surface area contributed by atoms with Gasteiger partial charge in [-0.15, -0.1) is 0 Å². The molecule has 0 bridgehead atoms. The Kier molecular flexibility index (Phi) is 5.51. The highest BCUT2D eigenvalue weighted by atomic mass is 16.2. The van der Waals surface area contributed by atoms with Crippen molar-refractivity contribution in [3.8, 4) is 0 Å². The van der Waals surface area contributed by atoms with Crippen molar-refractivity contribution in [3.63, 3.8) is 0 Å². The quantitative estimate of drug-likeness (QED) is 0.542. The van der Waals surface area contributed by atoms with Crippen molar-refractivity contribution >= 4 is 28.4 Å². The van der Waals surface area contributed by atoms with Crippen LogP contribution in [0.4, 0.5) is 5.69 Å². The van der Waals surface area contributed by atoms with Gasteiger partial charge in [0.1, 0.15) is 11.2 Å². The van der Waals surface area contributed by atoms with E-state index in [2.05, 4.69) is 12.2 Å². The average molecular weight is 444 g/mol. The van der Waals surface area contributed by atoms with Crippen molar-refractivity contribution in [3.05, 3.63) is 65.4 Å². The van der Waals surface area contributed by atoms with E-state index < -0.39 is 5.54 Å². The van der Waals surface area contributed by atoms with Crippen molar-refractivity contribution in [2.24, 2.45) is 0 Å². The van der Waals surface area contributed by atoms with Gasteiger partial charge >= 0.3 is 0 Å². The molecule has 0 unspecified atom stereocenters. The van der Waals surface area contributed by atoms with E-state index in [4.69, 9.17) is 0 Å². The summed E-state index contributed by atoms with van der Waals surface area (Å²) in [5, 5.41) is 4.36. The molecule has 1 aromatic heterocycles. The summed E-state index contributed by atoms with van der Waals surface area (Å²) in [5.74, 6) is -0.191. The number of benzene rings is 2. The van der Waals surface area contributed by atoms with Crippen molar-refractivity contribution in [2.75, 3.05) is 4.90 Å². The van der Waals surface area contributed by atoms with E-state index in [0.29, 0.717) is 12.2 Å². The number of carbonyl (C=O) groups is 2. The minimum absolute atomic E-state index is 0.0654. The zero-order chi connectivity index (χ0) is 23.2. The molecule has 2 heterocycles. The molecule has 1 aliphatic carbocycles. The summed E-state index contributed by atoms with van der Waals surface area (Å²) < 4.78 is 2.03. The van der Waals surface area contributed by atoms with Crippen LogP contribution in [0.25, 0.3) is 10.9 Å². The van der Waals surface area contributed by atoms with E-state index in [9.17, 15) is 9.59 Å². The van der Waals surface area contributed by atoms with E-state index in [1.807, 2.05) is 66.9 Å². The van der Waals surface area contributed by atoms with Gasteiger partial charge in [0.25, 0.3) is 5.91 Å². The van der Waals surface area contributed by atoms with Gasteiger partial charge in [-0.05, 0) is 69.0 Å². The van der Waals surface area contributed by atoms with Crippen LogP contribution in [0.15, 0.2) is 48.5 Å². The first-order valence-corrected chi connectivity index (χ1v) is 12.2. The Balaban J connectivity index is 1.60. The fourth-order valence-electron chi connectivity index (χ4n) is 5.48. The lowest BCUT2D eigenvalue weighted by atomic mass is 9.92. The molecule has 33 heavy (non-hydrogen) atoms. The Morgan fingerprint density at radius 2 is 1.70 bits per heavy atom. The van der Waals surface area contributed by atoms with E-state index in [1.54, 1.807) is 4.90 Å². The summed E-state index contributed by atoms with van der Waals surface area (Å²) in [6.07, 6.45) is 6.78. The van der Waals surface area contributed by atoms with Gasteiger partial charge in [-0.25, -0.2) is 0 Å². The van der Waals surface area contributed by atoms with Gasteiger partial charge in [0.05, 0.1) is 6.54 Å². The van der Waals surface area contributed by atoms with Gasteiger partial charge in [-0.2, -0.15) is 0 Å². The molecule has 0 spiro atoms. The highest BCUT2D eigenvalue weighted by molar-refractivity contribution is 6.14. The molecule has 5 heteroatoms. The summed E-state index contributed by atoms with van der Waals surface area (Å²) >= 11 is 0. The number of aromatic nitrogens is 1. The molecule has 5 rings (SSSR count). The monoisotopic (exact) mass is 443 g/mol. The SMILES string of the molecule is Cc1ccc(N2C(=O)c3cc4ccccc4n3C[C@@]2(C)C(=O)NC2CCCCCC2)cc1C. The third kappa shape index (κ3) is 3.73. The highest BCUT2D eigenvalue weighted by Gasteiger charge is 2.49. The Labute approximate surface area is 195 Å². The maximum absolute atomic E-state index is 14.0. The van der Waals surface area contributed by atoms with Crippen LogP contribution >= 0.6 is 0 Å². The zero-order valence-electron chi connectivity index (χ0n) is 19.9. The average Bonchev–Trinajstić information content (AvgIpc) is 2.97. The number of nitrogens with one attached hydrogen (secondary N) is 1. The number of carbonyl (C=O) groups excluding carboxylic acids is 2. The van der Waals surface area contributed by atoms with Crippen LogP contribution in [-0.4, -0.2) is 28.0 Å². The van der Waals surface area contributed by atoms with Gasteiger partial charge in [0.2, 0.25) is 5.91 Å². The molecule has 0 radical (unpaired) electrons.